The van der Waals surface area contributed by atoms with E-state index in [0.29, 0.717) is 31.8 Å². The van der Waals surface area contributed by atoms with Gasteiger partial charge in [0.05, 0.1) is 5.92 Å². The summed E-state index contributed by atoms with van der Waals surface area (Å²) in [6.07, 6.45) is 0.544. The molecule has 0 saturated carbocycles. The highest BCUT2D eigenvalue weighted by Gasteiger charge is 2.30. The highest BCUT2D eigenvalue weighted by atomic mass is 19.1. The average Bonchev–Trinajstić information content (AvgIpc) is 2.57. The van der Waals surface area contributed by atoms with Crippen LogP contribution in [-0.4, -0.2) is 42.8 Å². The number of amides is 1. The molecule has 2 atom stereocenters. The lowest BCUT2D eigenvalue weighted by Crippen LogP contribution is -2.43. The molecule has 0 spiro atoms. The summed E-state index contributed by atoms with van der Waals surface area (Å²) in [4.78, 5) is 23.5. The van der Waals surface area contributed by atoms with Gasteiger partial charge in [-0.25, -0.2) is 4.39 Å². The predicted molar refractivity (Wildman–Crippen MR) is 84.2 cm³/mol. The Morgan fingerprint density at radius 3 is 2.54 bits per heavy atom. The van der Waals surface area contributed by atoms with Crippen LogP contribution in [0, 0.1) is 17.7 Å². The third-order valence-electron chi connectivity index (χ3n) is 4.14. The maximum Gasteiger partial charge on any atom is 0.308 e. The normalized spacial score (nSPS) is 17.8. The number of hydrogen-bond donors (Lipinski definition) is 2. The van der Waals surface area contributed by atoms with Gasteiger partial charge < -0.3 is 19.9 Å². The number of hydrogen-bond acceptors (Lipinski definition) is 4. The van der Waals surface area contributed by atoms with Crippen molar-refractivity contribution < 1.29 is 28.6 Å². The number of rotatable bonds is 7. The van der Waals surface area contributed by atoms with E-state index in [1.807, 2.05) is 0 Å². The van der Waals surface area contributed by atoms with Crippen molar-refractivity contribution in [1.82, 2.24) is 5.32 Å². The largest absolute Gasteiger partial charge is 0.481 e. The summed E-state index contributed by atoms with van der Waals surface area (Å²) in [5.41, 5.74) is 0. The molecule has 1 aromatic rings. The van der Waals surface area contributed by atoms with E-state index in [2.05, 4.69) is 5.32 Å². The smallest absolute Gasteiger partial charge is 0.308 e. The van der Waals surface area contributed by atoms with Crippen LogP contribution in [0.25, 0.3) is 0 Å². The Balaban J connectivity index is 1.85. The van der Waals surface area contributed by atoms with Crippen molar-refractivity contribution in [2.24, 2.45) is 11.8 Å². The molecule has 6 nitrogen and oxygen atoms in total. The van der Waals surface area contributed by atoms with Gasteiger partial charge >= 0.3 is 5.97 Å². The third-order valence-corrected chi connectivity index (χ3v) is 4.14. The second kappa shape index (κ2) is 8.63. The van der Waals surface area contributed by atoms with Crippen molar-refractivity contribution in [3.63, 3.8) is 0 Å². The topological polar surface area (TPSA) is 84.9 Å². The van der Waals surface area contributed by atoms with Crippen LogP contribution in [0.4, 0.5) is 4.39 Å². The quantitative estimate of drug-likeness (QED) is 0.792. The Kier molecular flexibility index (Phi) is 6.54. The van der Waals surface area contributed by atoms with Gasteiger partial charge in [-0.1, -0.05) is 0 Å². The number of carboxylic acids is 1. The van der Waals surface area contributed by atoms with Gasteiger partial charge in [0.25, 0.3) is 5.91 Å². The third kappa shape index (κ3) is 5.19. The van der Waals surface area contributed by atoms with Crippen molar-refractivity contribution in [3.8, 4) is 5.75 Å². The summed E-state index contributed by atoms with van der Waals surface area (Å²) in [6, 6.07) is 5.35. The second-order valence-electron chi connectivity index (χ2n) is 5.85. The zero-order chi connectivity index (χ0) is 17.5. The average molecular weight is 339 g/mol. The van der Waals surface area contributed by atoms with Gasteiger partial charge in [-0.05, 0) is 49.9 Å². The Hall–Kier alpha value is -2.15. The fraction of sp³-hybridized carbons (Fsp3) is 0.529. The molecular weight excluding hydrogens is 317 g/mol. The van der Waals surface area contributed by atoms with Gasteiger partial charge in [0.1, 0.15) is 11.6 Å². The monoisotopic (exact) mass is 339 g/mol. The van der Waals surface area contributed by atoms with Gasteiger partial charge in [0, 0.05) is 19.8 Å². The van der Waals surface area contributed by atoms with Crippen LogP contribution in [0.5, 0.6) is 5.75 Å². The summed E-state index contributed by atoms with van der Waals surface area (Å²) in [6.45, 7) is 2.71. The zero-order valence-corrected chi connectivity index (χ0v) is 13.5. The summed E-state index contributed by atoms with van der Waals surface area (Å²) in [5, 5.41) is 12.0. The molecule has 0 radical (unpaired) electrons. The van der Waals surface area contributed by atoms with Crippen molar-refractivity contribution >= 4 is 11.9 Å². The minimum atomic E-state index is -0.922. The molecule has 7 heteroatoms. The molecule has 2 unspecified atom stereocenters. The maximum atomic E-state index is 12.8. The van der Waals surface area contributed by atoms with Crippen molar-refractivity contribution in [2.75, 3.05) is 19.8 Å². The lowest BCUT2D eigenvalue weighted by molar-refractivity contribution is -0.145. The molecule has 132 valence electrons. The molecule has 1 aliphatic heterocycles. The first-order valence-electron chi connectivity index (χ1n) is 7.98. The van der Waals surface area contributed by atoms with Crippen LogP contribution in [0.2, 0.25) is 0 Å². The number of carboxylic acid groups (broad SMARTS) is 1. The molecule has 1 heterocycles. The highest BCUT2D eigenvalue weighted by Crippen LogP contribution is 2.23. The SMILES string of the molecule is CC(Oc1ccc(F)cc1)C(=O)NCC(C(=O)O)C1CCOCC1. The molecular formula is C17H22FNO5. The number of carbonyl (C=O) groups is 2. The molecule has 1 aliphatic rings. The molecule has 24 heavy (non-hydrogen) atoms. The van der Waals surface area contributed by atoms with E-state index in [-0.39, 0.29) is 18.3 Å². The molecule has 0 aromatic heterocycles. The summed E-state index contributed by atoms with van der Waals surface area (Å²) < 4.78 is 23.5. The van der Waals surface area contributed by atoms with E-state index in [9.17, 15) is 19.1 Å². The maximum absolute atomic E-state index is 12.8. The van der Waals surface area contributed by atoms with E-state index >= 15 is 0 Å². The van der Waals surface area contributed by atoms with E-state index < -0.39 is 23.9 Å². The van der Waals surface area contributed by atoms with Crippen LogP contribution in [-0.2, 0) is 14.3 Å². The Morgan fingerprint density at radius 1 is 1.33 bits per heavy atom. The van der Waals surface area contributed by atoms with Crippen LogP contribution in [0.1, 0.15) is 19.8 Å². The van der Waals surface area contributed by atoms with Crippen molar-refractivity contribution in [3.05, 3.63) is 30.1 Å². The van der Waals surface area contributed by atoms with E-state index in [4.69, 9.17) is 9.47 Å². The number of nitrogens with one attached hydrogen (secondary N) is 1. The van der Waals surface area contributed by atoms with Crippen LogP contribution in [0.15, 0.2) is 24.3 Å². The molecule has 0 aliphatic carbocycles. The Bertz CT molecular complexity index is 557. The number of aliphatic carboxylic acids is 1. The Labute approximate surface area is 139 Å². The van der Waals surface area contributed by atoms with Gasteiger partial charge in [-0.15, -0.1) is 0 Å². The zero-order valence-electron chi connectivity index (χ0n) is 13.5. The molecule has 2 rings (SSSR count). The van der Waals surface area contributed by atoms with Crippen LogP contribution >= 0.6 is 0 Å². The minimum absolute atomic E-state index is 0.00938. The second-order valence-corrected chi connectivity index (χ2v) is 5.85. The number of carbonyl (C=O) groups excluding carboxylic acids is 1. The molecule has 1 fully saturated rings. The van der Waals surface area contributed by atoms with Gasteiger partial charge in [-0.3, -0.25) is 9.59 Å². The van der Waals surface area contributed by atoms with Crippen LogP contribution in [0.3, 0.4) is 0 Å². The highest BCUT2D eigenvalue weighted by molar-refractivity contribution is 5.81. The molecule has 1 aromatic carbocycles. The van der Waals surface area contributed by atoms with Gasteiger partial charge in [0.15, 0.2) is 6.10 Å². The molecule has 2 N–H and O–H groups in total. The lowest BCUT2D eigenvalue weighted by Gasteiger charge is -2.28. The first kappa shape index (κ1) is 18.2. The summed E-state index contributed by atoms with van der Waals surface area (Å²) >= 11 is 0. The first-order valence-corrected chi connectivity index (χ1v) is 7.98. The molecule has 0 bridgehead atoms. The fourth-order valence-corrected chi connectivity index (χ4v) is 2.70. The fourth-order valence-electron chi connectivity index (χ4n) is 2.70. The van der Waals surface area contributed by atoms with E-state index in [0.717, 1.165) is 0 Å². The Morgan fingerprint density at radius 2 is 1.96 bits per heavy atom. The predicted octanol–water partition coefficient (Wildman–Crippen LogP) is 1.84. The molecule has 1 saturated heterocycles. The van der Waals surface area contributed by atoms with Crippen molar-refractivity contribution in [2.45, 2.75) is 25.9 Å². The standard InChI is InChI=1S/C17H22FNO5/c1-11(24-14-4-2-13(18)3-5-14)16(20)19-10-15(17(21)22)12-6-8-23-9-7-12/h2-5,11-12,15H,6-10H2,1H3,(H,19,20)(H,21,22). The molecule has 1 amide bonds. The number of halogens is 1. The lowest BCUT2D eigenvalue weighted by atomic mass is 9.86. The van der Waals surface area contributed by atoms with Crippen molar-refractivity contribution in [1.29, 1.82) is 0 Å². The minimum Gasteiger partial charge on any atom is -0.481 e. The van der Waals surface area contributed by atoms with Gasteiger partial charge in [-0.2, -0.15) is 0 Å². The van der Waals surface area contributed by atoms with E-state index in [1.165, 1.54) is 24.3 Å². The summed E-state index contributed by atoms with van der Waals surface area (Å²) in [5.74, 6) is -1.99. The van der Waals surface area contributed by atoms with E-state index in [1.54, 1.807) is 6.92 Å². The number of ether oxygens (including phenoxy) is 2. The van der Waals surface area contributed by atoms with Crippen LogP contribution < -0.4 is 10.1 Å². The first-order chi connectivity index (χ1) is 11.5. The number of benzene rings is 1. The van der Waals surface area contributed by atoms with Gasteiger partial charge in [0.2, 0.25) is 0 Å². The summed E-state index contributed by atoms with van der Waals surface area (Å²) in [7, 11) is 0.